The van der Waals surface area contributed by atoms with Gasteiger partial charge in [-0.05, 0) is 66.7 Å². The van der Waals surface area contributed by atoms with E-state index in [9.17, 15) is 0 Å². The largest absolute Gasteiger partial charge is 0.458 e. The zero-order chi connectivity index (χ0) is 37.8. The maximum Gasteiger partial charge on any atom is 0.269 e. The smallest absolute Gasteiger partial charge is 0.269 e. The Morgan fingerprint density at radius 1 is 0.509 bits per heavy atom. The van der Waals surface area contributed by atoms with E-state index in [0.717, 1.165) is 56.1 Å². The number of benzene rings is 7. The highest BCUT2D eigenvalue weighted by atomic mass is 16.5. The Bertz CT molecular complexity index is 3570. The third-order valence-corrected chi connectivity index (χ3v) is 11.6. The van der Waals surface area contributed by atoms with Crippen LogP contribution >= 0.6 is 0 Å². The number of fused-ring (bicyclic) bond motifs is 13. The molecule has 0 atom stereocenters. The second kappa shape index (κ2) is 11.9. The predicted octanol–water partition coefficient (Wildman–Crippen LogP) is 11.3. The zero-order valence-electron chi connectivity index (χ0n) is 31.3. The minimum absolute atomic E-state index is 0.734. The van der Waals surface area contributed by atoms with Gasteiger partial charge >= 0.3 is 0 Å². The van der Waals surface area contributed by atoms with Crippen LogP contribution in [-0.4, -0.2) is 23.3 Å². The van der Waals surface area contributed by atoms with Gasteiger partial charge in [0.15, 0.2) is 0 Å². The van der Waals surface area contributed by atoms with Crippen LogP contribution in [0.15, 0.2) is 170 Å². The third kappa shape index (κ3) is 4.48. The highest BCUT2D eigenvalue weighted by molar-refractivity contribution is 6.39. The number of aryl methyl sites for hydroxylation is 2. The molecule has 0 unspecified atom stereocenters. The minimum atomic E-state index is 0.734. The van der Waals surface area contributed by atoms with Gasteiger partial charge in [-0.2, -0.15) is 0 Å². The SMILES string of the molecule is Cn1c2ccccc2c2c1c1c3ccc(Oc4cccc(-[n+]5[c-]n(-c6ccccc6)c6ccccc65)c4)cc3n(-c3ccccn3)c1c1c3ccccc3n(C)c21. The molecular formula is C50H34N6O. The summed E-state index contributed by atoms with van der Waals surface area (Å²) in [6.07, 6.45) is 5.47. The maximum atomic E-state index is 6.78. The average Bonchev–Trinajstić information content (AvgIpc) is 3.98. The summed E-state index contributed by atoms with van der Waals surface area (Å²) in [5, 5.41) is 7.27. The third-order valence-electron chi connectivity index (χ3n) is 11.6. The molecule has 0 aliphatic carbocycles. The van der Waals surface area contributed by atoms with Crippen molar-refractivity contribution in [2.24, 2.45) is 14.1 Å². The summed E-state index contributed by atoms with van der Waals surface area (Å²) in [7, 11) is 4.39. The fraction of sp³-hybridized carbons (Fsp3) is 0.0400. The molecule has 270 valence electrons. The highest BCUT2D eigenvalue weighted by Gasteiger charge is 2.27. The topological polar surface area (TPSA) is 45.7 Å². The summed E-state index contributed by atoms with van der Waals surface area (Å²) in [6, 6.07) is 57.1. The molecular weight excluding hydrogens is 701 g/mol. The molecule has 0 saturated carbocycles. The van der Waals surface area contributed by atoms with Crippen LogP contribution in [0.25, 0.3) is 93.6 Å². The number of aromatic nitrogens is 6. The number of nitrogens with zero attached hydrogens (tertiary/aromatic N) is 6. The standard InChI is InChI=1S/C50H34N6O/c1-52-39-21-8-6-19-36(39)45-48-46(37-20-7-9-22-40(37)53(48)2)50-47(49(45)52)38-27-26-35(30-43(38)56(50)44-25-12-13-28-51-44)57-34-18-14-17-33(29-34)55-31-54(32-15-4-3-5-16-32)41-23-10-11-24-42(41)55/h3-30H,1-2H3. The summed E-state index contributed by atoms with van der Waals surface area (Å²) in [6.45, 7) is 0. The van der Waals surface area contributed by atoms with E-state index < -0.39 is 0 Å². The van der Waals surface area contributed by atoms with Crippen LogP contribution in [0.3, 0.4) is 0 Å². The number of hydrogen-bond donors (Lipinski definition) is 0. The van der Waals surface area contributed by atoms with Gasteiger partial charge in [0.05, 0.1) is 44.5 Å². The second-order valence-electron chi connectivity index (χ2n) is 14.7. The van der Waals surface area contributed by atoms with Gasteiger partial charge in [-0.1, -0.05) is 91.0 Å². The molecule has 7 nitrogen and oxygen atoms in total. The van der Waals surface area contributed by atoms with Gasteiger partial charge in [-0.25, -0.2) is 4.98 Å². The molecule has 0 N–H and O–H groups in total. The lowest BCUT2D eigenvalue weighted by Crippen LogP contribution is -2.29. The van der Waals surface area contributed by atoms with Crippen molar-refractivity contribution in [3.63, 3.8) is 0 Å². The lowest BCUT2D eigenvalue weighted by atomic mass is 10.0. The van der Waals surface area contributed by atoms with Gasteiger partial charge in [-0.3, -0.25) is 13.7 Å². The van der Waals surface area contributed by atoms with Gasteiger partial charge in [0.25, 0.3) is 6.33 Å². The molecule has 57 heavy (non-hydrogen) atoms. The molecule has 0 spiro atoms. The Morgan fingerprint density at radius 3 is 1.84 bits per heavy atom. The van der Waals surface area contributed by atoms with Crippen LogP contribution in [0.1, 0.15) is 0 Å². The van der Waals surface area contributed by atoms with Crippen molar-refractivity contribution in [1.29, 1.82) is 0 Å². The molecule has 12 aromatic rings. The minimum Gasteiger partial charge on any atom is -0.458 e. The Morgan fingerprint density at radius 2 is 1.12 bits per heavy atom. The Labute approximate surface area is 327 Å². The molecule has 0 bridgehead atoms. The van der Waals surface area contributed by atoms with E-state index in [1.54, 1.807) is 0 Å². The van der Waals surface area contributed by atoms with Crippen molar-refractivity contribution in [2.45, 2.75) is 0 Å². The summed E-state index contributed by atoms with van der Waals surface area (Å²) < 4.78 is 18.1. The van der Waals surface area contributed by atoms with Crippen LogP contribution in [0.2, 0.25) is 0 Å². The molecule has 0 saturated heterocycles. The first-order valence-electron chi connectivity index (χ1n) is 19.2. The number of imidazole rings is 1. The van der Waals surface area contributed by atoms with Crippen LogP contribution in [0, 0.1) is 6.33 Å². The quantitative estimate of drug-likeness (QED) is 0.131. The molecule has 0 aliphatic heterocycles. The highest BCUT2D eigenvalue weighted by Crippen LogP contribution is 2.48. The molecule has 5 heterocycles. The number of ether oxygens (including phenoxy) is 1. The maximum absolute atomic E-state index is 6.78. The average molecular weight is 735 g/mol. The van der Waals surface area contributed by atoms with Crippen molar-refractivity contribution in [2.75, 3.05) is 0 Å². The van der Waals surface area contributed by atoms with Crippen molar-refractivity contribution in [1.82, 2.24) is 23.3 Å². The van der Waals surface area contributed by atoms with Gasteiger partial charge in [0.2, 0.25) is 0 Å². The lowest BCUT2D eigenvalue weighted by Gasteiger charge is -2.11. The van der Waals surface area contributed by atoms with E-state index in [-0.39, 0.29) is 0 Å². The molecule has 0 amide bonds. The second-order valence-corrected chi connectivity index (χ2v) is 14.7. The molecule has 7 aromatic carbocycles. The number of hydrogen-bond acceptors (Lipinski definition) is 2. The van der Waals surface area contributed by atoms with Crippen LogP contribution in [-0.2, 0) is 14.1 Å². The van der Waals surface area contributed by atoms with Crippen LogP contribution < -0.4 is 9.30 Å². The van der Waals surface area contributed by atoms with Crippen LogP contribution in [0.5, 0.6) is 11.5 Å². The fourth-order valence-electron chi connectivity index (χ4n) is 9.23. The Hall–Kier alpha value is -7.64. The monoisotopic (exact) mass is 734 g/mol. The van der Waals surface area contributed by atoms with Crippen LogP contribution in [0.4, 0.5) is 0 Å². The fourth-order valence-corrected chi connectivity index (χ4v) is 9.23. The van der Waals surface area contributed by atoms with Crippen molar-refractivity contribution < 1.29 is 9.30 Å². The predicted molar refractivity (Wildman–Crippen MR) is 230 cm³/mol. The van der Waals surface area contributed by atoms with Gasteiger partial charge in [0, 0.05) is 69.7 Å². The van der Waals surface area contributed by atoms with Crippen molar-refractivity contribution in [3.8, 4) is 28.7 Å². The number of para-hydroxylation sites is 5. The lowest BCUT2D eigenvalue weighted by molar-refractivity contribution is -0.572. The zero-order valence-corrected chi connectivity index (χ0v) is 31.3. The summed E-state index contributed by atoms with van der Waals surface area (Å²) in [5.74, 6) is 2.32. The van der Waals surface area contributed by atoms with E-state index in [1.807, 2.05) is 30.5 Å². The Balaban J connectivity index is 1.10. The van der Waals surface area contributed by atoms with E-state index in [2.05, 4.69) is 183 Å². The number of rotatable bonds is 5. The van der Waals surface area contributed by atoms with E-state index in [1.165, 1.54) is 49.0 Å². The number of pyridine rings is 1. The molecule has 0 aliphatic rings. The first kappa shape index (κ1) is 31.7. The van der Waals surface area contributed by atoms with Gasteiger partial charge < -0.3 is 13.9 Å². The van der Waals surface area contributed by atoms with Crippen molar-refractivity contribution >= 4 is 76.5 Å². The normalized spacial score (nSPS) is 12.0. The van der Waals surface area contributed by atoms with E-state index in [4.69, 9.17) is 9.72 Å². The Kier molecular flexibility index (Phi) is 6.63. The summed E-state index contributed by atoms with van der Waals surface area (Å²) in [4.78, 5) is 4.97. The molecule has 0 radical (unpaired) electrons. The molecule has 7 heteroatoms. The van der Waals surface area contributed by atoms with Crippen molar-refractivity contribution in [3.05, 3.63) is 176 Å². The van der Waals surface area contributed by atoms with Gasteiger partial charge in [-0.15, -0.1) is 0 Å². The first-order valence-corrected chi connectivity index (χ1v) is 19.2. The summed E-state index contributed by atoms with van der Waals surface area (Å²) in [5.41, 5.74) is 11.1. The molecule has 5 aromatic heterocycles. The van der Waals surface area contributed by atoms with E-state index >= 15 is 0 Å². The summed E-state index contributed by atoms with van der Waals surface area (Å²) >= 11 is 0. The molecule has 0 fully saturated rings. The first-order chi connectivity index (χ1) is 28.1. The van der Waals surface area contributed by atoms with Gasteiger partial charge in [0.1, 0.15) is 17.3 Å². The molecule has 12 rings (SSSR count). The van der Waals surface area contributed by atoms with E-state index in [0.29, 0.717) is 0 Å².